The maximum Gasteiger partial charge on any atom is 0.306 e. The molecule has 39 heavy (non-hydrogen) atoms. The minimum atomic E-state index is -0.763. The van der Waals surface area contributed by atoms with E-state index in [4.69, 9.17) is 9.47 Å². The van der Waals surface area contributed by atoms with Gasteiger partial charge in [0.1, 0.15) is 6.61 Å². The van der Waals surface area contributed by atoms with Crippen LogP contribution in [0, 0.1) is 0 Å². The highest BCUT2D eigenvalue weighted by molar-refractivity contribution is 5.70. The lowest BCUT2D eigenvalue weighted by Crippen LogP contribution is -2.28. The number of unbranched alkanes of at least 4 members (excludes halogenated alkanes) is 20. The molecule has 0 amide bonds. The summed E-state index contributed by atoms with van der Waals surface area (Å²) in [7, 11) is 0. The number of rotatable bonds is 30. The molecule has 5 heteroatoms. The second-order valence-electron chi connectivity index (χ2n) is 11.2. The van der Waals surface area contributed by atoms with Crippen LogP contribution in [0.5, 0.6) is 0 Å². The van der Waals surface area contributed by atoms with Crippen LogP contribution in [0.15, 0.2) is 12.2 Å². The van der Waals surface area contributed by atoms with Crippen LogP contribution in [0.3, 0.4) is 0 Å². The first-order valence-corrected chi connectivity index (χ1v) is 16.7. The van der Waals surface area contributed by atoms with Crippen LogP contribution in [-0.2, 0) is 19.1 Å². The second-order valence-corrected chi connectivity index (χ2v) is 11.2. The number of carbonyl (C=O) groups is 2. The molecule has 0 unspecified atom stereocenters. The Balaban J connectivity index is 3.53. The monoisotopic (exact) mass is 552 g/mol. The van der Waals surface area contributed by atoms with Gasteiger partial charge in [0.25, 0.3) is 0 Å². The fourth-order valence-corrected chi connectivity index (χ4v) is 4.72. The molecule has 0 aromatic heterocycles. The second kappa shape index (κ2) is 31.2. The molecule has 0 heterocycles. The first-order chi connectivity index (χ1) is 19.1. The van der Waals surface area contributed by atoms with Crippen molar-refractivity contribution < 1.29 is 24.2 Å². The average molecular weight is 553 g/mol. The van der Waals surface area contributed by atoms with Crippen LogP contribution in [0.1, 0.15) is 174 Å². The van der Waals surface area contributed by atoms with E-state index < -0.39 is 6.10 Å². The predicted octanol–water partition coefficient (Wildman–Crippen LogP) is 9.78. The molecule has 1 N–H and O–H groups in total. The third kappa shape index (κ3) is 29.4. The topological polar surface area (TPSA) is 72.8 Å². The molecule has 0 fully saturated rings. The quantitative estimate of drug-likeness (QED) is 0.0545. The van der Waals surface area contributed by atoms with E-state index in [0.29, 0.717) is 12.8 Å². The standard InChI is InChI=1S/C34H64O5/c1-3-5-7-9-11-13-14-15-16-17-18-19-20-21-23-24-26-28-33(36)38-31-32(30-35)39-34(37)29-27-25-22-12-10-8-6-4-2/h15-16,32,35H,3-14,17-31H2,1-2H3/b16-15+/t32-/m0/s1. The van der Waals surface area contributed by atoms with Gasteiger partial charge in [-0.25, -0.2) is 0 Å². The predicted molar refractivity (Wildman–Crippen MR) is 164 cm³/mol. The van der Waals surface area contributed by atoms with Crippen molar-refractivity contribution in [2.45, 2.75) is 180 Å². The Hall–Kier alpha value is -1.36. The Kier molecular flexibility index (Phi) is 30.1. The molecule has 0 aliphatic rings. The lowest BCUT2D eigenvalue weighted by atomic mass is 10.1. The highest BCUT2D eigenvalue weighted by Crippen LogP contribution is 2.13. The van der Waals surface area contributed by atoms with Crippen molar-refractivity contribution in [2.24, 2.45) is 0 Å². The minimum absolute atomic E-state index is 0.0636. The van der Waals surface area contributed by atoms with Gasteiger partial charge in [-0.05, 0) is 38.5 Å². The summed E-state index contributed by atoms with van der Waals surface area (Å²) < 4.78 is 10.5. The molecule has 230 valence electrons. The molecule has 0 rings (SSSR count). The van der Waals surface area contributed by atoms with Crippen molar-refractivity contribution in [1.29, 1.82) is 0 Å². The van der Waals surface area contributed by atoms with Crippen LogP contribution in [-0.4, -0.2) is 36.4 Å². The van der Waals surface area contributed by atoms with Crippen molar-refractivity contribution in [2.75, 3.05) is 13.2 Å². The number of ether oxygens (including phenoxy) is 2. The zero-order chi connectivity index (χ0) is 28.7. The molecule has 0 spiro atoms. The van der Waals surface area contributed by atoms with Crippen LogP contribution < -0.4 is 0 Å². The molecular weight excluding hydrogens is 488 g/mol. The summed E-state index contributed by atoms with van der Waals surface area (Å²) in [6.07, 6.45) is 32.7. The van der Waals surface area contributed by atoms with Gasteiger partial charge in [0, 0.05) is 12.8 Å². The van der Waals surface area contributed by atoms with E-state index in [2.05, 4.69) is 26.0 Å². The summed E-state index contributed by atoms with van der Waals surface area (Å²) >= 11 is 0. The highest BCUT2D eigenvalue weighted by Gasteiger charge is 2.16. The van der Waals surface area contributed by atoms with Crippen LogP contribution in [0.25, 0.3) is 0 Å². The van der Waals surface area contributed by atoms with Crippen LogP contribution >= 0.6 is 0 Å². The van der Waals surface area contributed by atoms with Gasteiger partial charge in [-0.3, -0.25) is 9.59 Å². The van der Waals surface area contributed by atoms with Crippen molar-refractivity contribution in [3.63, 3.8) is 0 Å². The van der Waals surface area contributed by atoms with Crippen molar-refractivity contribution >= 4 is 11.9 Å². The Bertz CT molecular complexity index is 560. The fraction of sp³-hybridized carbons (Fsp3) is 0.882. The number of esters is 2. The van der Waals surface area contributed by atoms with E-state index in [0.717, 1.165) is 38.5 Å². The Morgan fingerprint density at radius 3 is 1.38 bits per heavy atom. The van der Waals surface area contributed by atoms with Crippen molar-refractivity contribution in [1.82, 2.24) is 0 Å². The molecule has 5 nitrogen and oxygen atoms in total. The molecule has 0 aromatic rings. The summed E-state index contributed by atoms with van der Waals surface area (Å²) in [4.78, 5) is 24.0. The van der Waals surface area contributed by atoms with Crippen LogP contribution in [0.2, 0.25) is 0 Å². The van der Waals surface area contributed by atoms with Gasteiger partial charge >= 0.3 is 11.9 Å². The Morgan fingerprint density at radius 2 is 0.949 bits per heavy atom. The number of aliphatic hydroxyl groups excluding tert-OH is 1. The van der Waals surface area contributed by atoms with Gasteiger partial charge in [-0.1, -0.05) is 135 Å². The molecule has 0 aliphatic carbocycles. The molecule has 0 saturated heterocycles. The third-order valence-corrected chi connectivity index (χ3v) is 7.31. The van der Waals surface area contributed by atoms with Gasteiger partial charge < -0.3 is 14.6 Å². The molecule has 0 aliphatic heterocycles. The molecule has 0 aromatic carbocycles. The van der Waals surface area contributed by atoms with E-state index in [1.54, 1.807) is 0 Å². The maximum atomic E-state index is 12.0. The summed E-state index contributed by atoms with van der Waals surface area (Å²) in [6.45, 7) is 4.09. The zero-order valence-corrected chi connectivity index (χ0v) is 25.9. The molecule has 0 radical (unpaired) electrons. The average Bonchev–Trinajstić information content (AvgIpc) is 2.94. The summed E-state index contributed by atoms with van der Waals surface area (Å²) in [5.41, 5.74) is 0. The molecular formula is C34H64O5. The Labute approximate surface area is 241 Å². The first kappa shape index (κ1) is 37.6. The molecule has 1 atom stereocenters. The summed E-state index contributed by atoms with van der Waals surface area (Å²) in [6, 6.07) is 0. The van der Waals surface area contributed by atoms with Crippen molar-refractivity contribution in [3.05, 3.63) is 12.2 Å². The normalized spacial score (nSPS) is 12.2. The van der Waals surface area contributed by atoms with E-state index >= 15 is 0 Å². The largest absolute Gasteiger partial charge is 0.462 e. The van der Waals surface area contributed by atoms with E-state index in [1.807, 2.05) is 0 Å². The smallest absolute Gasteiger partial charge is 0.306 e. The lowest BCUT2D eigenvalue weighted by Gasteiger charge is -2.15. The third-order valence-electron chi connectivity index (χ3n) is 7.31. The molecule has 0 saturated carbocycles. The summed E-state index contributed by atoms with van der Waals surface area (Å²) in [5, 5.41) is 9.46. The Morgan fingerprint density at radius 1 is 0.564 bits per heavy atom. The number of aliphatic hydroxyl groups is 1. The van der Waals surface area contributed by atoms with E-state index in [-0.39, 0.29) is 25.2 Å². The first-order valence-electron chi connectivity index (χ1n) is 16.7. The van der Waals surface area contributed by atoms with E-state index in [9.17, 15) is 14.7 Å². The number of allylic oxidation sites excluding steroid dienone is 2. The van der Waals surface area contributed by atoms with Crippen LogP contribution in [0.4, 0.5) is 0 Å². The van der Waals surface area contributed by atoms with Gasteiger partial charge in [-0.2, -0.15) is 0 Å². The SMILES string of the molecule is CCCCCCCC/C=C/CCCCCCCCCC(=O)OC[C@H](CO)OC(=O)CCCCCCCCCC. The maximum absolute atomic E-state index is 12.0. The van der Waals surface area contributed by atoms with Crippen molar-refractivity contribution in [3.8, 4) is 0 Å². The highest BCUT2D eigenvalue weighted by atomic mass is 16.6. The zero-order valence-electron chi connectivity index (χ0n) is 25.9. The number of carbonyl (C=O) groups excluding carboxylic acids is 2. The minimum Gasteiger partial charge on any atom is -0.462 e. The fourth-order valence-electron chi connectivity index (χ4n) is 4.72. The summed E-state index contributed by atoms with van der Waals surface area (Å²) in [5.74, 6) is -0.597. The van der Waals surface area contributed by atoms with E-state index in [1.165, 1.54) is 109 Å². The lowest BCUT2D eigenvalue weighted by molar-refractivity contribution is -0.161. The van der Waals surface area contributed by atoms with Gasteiger partial charge in [0.2, 0.25) is 0 Å². The molecule has 0 bridgehead atoms. The van der Waals surface area contributed by atoms with Gasteiger partial charge in [0.15, 0.2) is 6.10 Å². The van der Waals surface area contributed by atoms with Gasteiger partial charge in [0.05, 0.1) is 6.61 Å². The number of hydrogen-bond donors (Lipinski definition) is 1. The number of hydrogen-bond acceptors (Lipinski definition) is 5. The van der Waals surface area contributed by atoms with Gasteiger partial charge in [-0.15, -0.1) is 0 Å².